The maximum Gasteiger partial charge on any atom is 0.261 e. The molecule has 5 nitrogen and oxygen atoms in total. The fourth-order valence-electron chi connectivity index (χ4n) is 2.57. The van der Waals surface area contributed by atoms with E-state index in [1.807, 2.05) is 25.1 Å². The lowest BCUT2D eigenvalue weighted by Crippen LogP contribution is -2.35. The molecule has 2 aromatic rings. The molecule has 0 saturated carbocycles. The van der Waals surface area contributed by atoms with Crippen LogP contribution in [0.15, 0.2) is 24.4 Å². The summed E-state index contributed by atoms with van der Waals surface area (Å²) < 4.78 is 0. The number of nitrogens with zero attached hydrogens (tertiary/aromatic N) is 2. The Bertz CT molecular complexity index is 632. The fraction of sp³-hybridized carbons (Fsp3) is 0.286. The van der Waals surface area contributed by atoms with Gasteiger partial charge in [-0.1, -0.05) is 6.07 Å². The Hall–Kier alpha value is -2.30. The Morgan fingerprint density at radius 3 is 3.05 bits per heavy atom. The Morgan fingerprint density at radius 2 is 2.32 bits per heavy atom. The van der Waals surface area contributed by atoms with Crippen molar-refractivity contribution in [2.45, 2.75) is 19.8 Å². The normalized spacial score (nSPS) is 14.3. The highest BCUT2D eigenvalue weighted by Gasteiger charge is 2.26. The first-order chi connectivity index (χ1) is 9.18. The first-order valence-electron chi connectivity index (χ1n) is 6.37. The number of aromatic nitrogens is 2. The van der Waals surface area contributed by atoms with E-state index in [-0.39, 0.29) is 5.91 Å². The van der Waals surface area contributed by atoms with Gasteiger partial charge in [-0.25, -0.2) is 0 Å². The Morgan fingerprint density at radius 1 is 1.47 bits per heavy atom. The van der Waals surface area contributed by atoms with Crippen LogP contribution in [0.5, 0.6) is 0 Å². The molecule has 0 fully saturated rings. The second-order valence-corrected chi connectivity index (χ2v) is 4.81. The van der Waals surface area contributed by atoms with Crippen molar-refractivity contribution in [1.29, 1.82) is 0 Å². The highest BCUT2D eigenvalue weighted by atomic mass is 16.2. The molecule has 3 rings (SSSR count). The van der Waals surface area contributed by atoms with Gasteiger partial charge in [0.15, 0.2) is 0 Å². The molecular formula is C14H16N4O. The van der Waals surface area contributed by atoms with Gasteiger partial charge < -0.3 is 10.6 Å². The number of rotatable bonds is 1. The fourth-order valence-corrected chi connectivity index (χ4v) is 2.57. The summed E-state index contributed by atoms with van der Waals surface area (Å²) in [5, 5.41) is 6.72. The zero-order valence-electron chi connectivity index (χ0n) is 10.8. The van der Waals surface area contributed by atoms with Gasteiger partial charge in [0, 0.05) is 23.6 Å². The van der Waals surface area contributed by atoms with Gasteiger partial charge in [-0.05, 0) is 37.5 Å². The second kappa shape index (κ2) is 4.42. The van der Waals surface area contributed by atoms with E-state index in [1.54, 1.807) is 11.1 Å². The molecule has 0 radical (unpaired) electrons. The molecule has 0 unspecified atom stereocenters. The van der Waals surface area contributed by atoms with Crippen LogP contribution in [0.2, 0.25) is 0 Å². The van der Waals surface area contributed by atoms with Crippen LogP contribution in [-0.2, 0) is 6.42 Å². The average molecular weight is 256 g/mol. The number of H-pyrrole nitrogens is 1. The van der Waals surface area contributed by atoms with Crippen LogP contribution >= 0.6 is 0 Å². The van der Waals surface area contributed by atoms with E-state index in [2.05, 4.69) is 10.2 Å². The number of fused-ring (bicyclic) bond motifs is 1. The quantitative estimate of drug-likeness (QED) is 0.765. The van der Waals surface area contributed by atoms with Crippen LogP contribution in [0.4, 0.5) is 11.4 Å². The summed E-state index contributed by atoms with van der Waals surface area (Å²) in [5.41, 5.74) is 10.2. The summed E-state index contributed by atoms with van der Waals surface area (Å²) in [6.07, 6.45) is 3.44. The molecule has 1 aliphatic rings. The minimum atomic E-state index is -0.0159. The van der Waals surface area contributed by atoms with Gasteiger partial charge in [-0.2, -0.15) is 5.10 Å². The topological polar surface area (TPSA) is 75.0 Å². The Balaban J connectivity index is 2.03. The van der Waals surface area contributed by atoms with Crippen molar-refractivity contribution in [3.05, 3.63) is 41.2 Å². The smallest absolute Gasteiger partial charge is 0.261 e. The van der Waals surface area contributed by atoms with Gasteiger partial charge in [0.25, 0.3) is 5.91 Å². The maximum absolute atomic E-state index is 12.6. The summed E-state index contributed by atoms with van der Waals surface area (Å²) in [6.45, 7) is 2.57. The number of anilines is 2. The van der Waals surface area contributed by atoms with Crippen molar-refractivity contribution in [2.24, 2.45) is 0 Å². The van der Waals surface area contributed by atoms with E-state index in [0.717, 1.165) is 42.0 Å². The summed E-state index contributed by atoms with van der Waals surface area (Å²) in [7, 11) is 0. The summed E-state index contributed by atoms with van der Waals surface area (Å²) in [4.78, 5) is 14.4. The number of aryl methyl sites for hydroxylation is 1. The van der Waals surface area contributed by atoms with Crippen molar-refractivity contribution < 1.29 is 4.79 Å². The van der Waals surface area contributed by atoms with Crippen LogP contribution in [0.1, 0.15) is 28.0 Å². The predicted octanol–water partition coefficient (Wildman–Crippen LogP) is 1.89. The number of nitrogen functional groups attached to an aromatic ring is 1. The number of benzene rings is 1. The molecule has 5 heteroatoms. The first-order valence-corrected chi connectivity index (χ1v) is 6.37. The van der Waals surface area contributed by atoms with Gasteiger partial charge in [0.05, 0.1) is 11.8 Å². The third-order valence-electron chi connectivity index (χ3n) is 3.59. The number of aromatic amines is 1. The molecule has 0 bridgehead atoms. The van der Waals surface area contributed by atoms with E-state index in [9.17, 15) is 4.79 Å². The minimum absolute atomic E-state index is 0.0159. The van der Waals surface area contributed by atoms with Crippen LogP contribution < -0.4 is 10.6 Å². The minimum Gasteiger partial charge on any atom is -0.398 e. The monoisotopic (exact) mass is 256 g/mol. The van der Waals surface area contributed by atoms with Crippen molar-refractivity contribution in [1.82, 2.24) is 10.2 Å². The van der Waals surface area contributed by atoms with Crippen LogP contribution in [0, 0.1) is 6.92 Å². The van der Waals surface area contributed by atoms with E-state index in [4.69, 9.17) is 5.73 Å². The van der Waals surface area contributed by atoms with Crippen molar-refractivity contribution in [3.8, 4) is 0 Å². The number of nitrogens with two attached hydrogens (primary N) is 1. The summed E-state index contributed by atoms with van der Waals surface area (Å²) >= 11 is 0. The summed E-state index contributed by atoms with van der Waals surface area (Å²) in [6, 6.07) is 5.73. The molecule has 3 N–H and O–H groups in total. The van der Waals surface area contributed by atoms with Gasteiger partial charge in [0.2, 0.25) is 0 Å². The van der Waals surface area contributed by atoms with Crippen LogP contribution in [0.25, 0.3) is 0 Å². The Labute approximate surface area is 111 Å². The molecule has 1 aromatic heterocycles. The van der Waals surface area contributed by atoms with Gasteiger partial charge in [-0.15, -0.1) is 0 Å². The third-order valence-corrected chi connectivity index (χ3v) is 3.59. The van der Waals surface area contributed by atoms with Crippen LogP contribution in [-0.4, -0.2) is 22.6 Å². The molecule has 1 aliphatic heterocycles. The van der Waals surface area contributed by atoms with Crippen molar-refractivity contribution >= 4 is 17.3 Å². The summed E-state index contributed by atoms with van der Waals surface area (Å²) in [5.74, 6) is -0.0159. The first kappa shape index (κ1) is 11.8. The highest BCUT2D eigenvalue weighted by Crippen LogP contribution is 2.32. The Kier molecular flexibility index (Phi) is 2.74. The molecular weight excluding hydrogens is 240 g/mol. The zero-order valence-corrected chi connectivity index (χ0v) is 10.8. The number of carbonyl (C=O) groups excluding carboxylic acids is 1. The number of amides is 1. The number of nitrogens with one attached hydrogen (secondary N) is 1. The third kappa shape index (κ3) is 1.87. The molecule has 2 heterocycles. The van der Waals surface area contributed by atoms with Crippen molar-refractivity contribution in [3.63, 3.8) is 0 Å². The largest absolute Gasteiger partial charge is 0.398 e. The molecule has 19 heavy (non-hydrogen) atoms. The number of hydrogen-bond donors (Lipinski definition) is 2. The predicted molar refractivity (Wildman–Crippen MR) is 74.2 cm³/mol. The second-order valence-electron chi connectivity index (χ2n) is 4.81. The van der Waals surface area contributed by atoms with Gasteiger partial charge >= 0.3 is 0 Å². The lowest BCUT2D eigenvalue weighted by atomic mass is 9.99. The van der Waals surface area contributed by atoms with E-state index in [0.29, 0.717) is 5.56 Å². The standard InChI is InChI=1S/C14H16N4O/c1-9-11(8-16-17-9)14(19)18-7-3-4-10-12(15)5-2-6-13(10)18/h2,5-6,8H,3-4,7,15H2,1H3,(H,16,17). The molecule has 1 aromatic carbocycles. The maximum atomic E-state index is 12.6. The molecule has 1 amide bonds. The number of hydrogen-bond acceptors (Lipinski definition) is 3. The number of carbonyl (C=O) groups is 1. The molecule has 0 aliphatic carbocycles. The lowest BCUT2D eigenvalue weighted by molar-refractivity contribution is 0.0984. The lowest BCUT2D eigenvalue weighted by Gasteiger charge is -2.30. The molecule has 0 saturated heterocycles. The van der Waals surface area contributed by atoms with E-state index < -0.39 is 0 Å². The van der Waals surface area contributed by atoms with Crippen LogP contribution in [0.3, 0.4) is 0 Å². The average Bonchev–Trinajstić information content (AvgIpc) is 2.84. The highest BCUT2D eigenvalue weighted by molar-refractivity contribution is 6.07. The van der Waals surface area contributed by atoms with Gasteiger partial charge in [-0.3, -0.25) is 9.89 Å². The zero-order chi connectivity index (χ0) is 13.4. The molecule has 0 atom stereocenters. The molecule has 0 spiro atoms. The van der Waals surface area contributed by atoms with Gasteiger partial charge in [0.1, 0.15) is 0 Å². The SMILES string of the molecule is Cc1[nH]ncc1C(=O)N1CCCc2c(N)cccc21. The van der Waals surface area contributed by atoms with E-state index >= 15 is 0 Å². The molecule has 98 valence electrons. The van der Waals surface area contributed by atoms with Crippen molar-refractivity contribution in [2.75, 3.05) is 17.2 Å². The van der Waals surface area contributed by atoms with E-state index in [1.165, 1.54) is 0 Å².